The third-order valence-corrected chi connectivity index (χ3v) is 3.36. The second-order valence-electron chi connectivity index (χ2n) is 5.03. The van der Waals surface area contributed by atoms with Crippen molar-refractivity contribution in [1.82, 2.24) is 4.90 Å². The van der Waals surface area contributed by atoms with Gasteiger partial charge in [-0.3, -0.25) is 0 Å². The Kier molecular flexibility index (Phi) is 5.72. The summed E-state index contributed by atoms with van der Waals surface area (Å²) in [6, 6.07) is 4.95. The molecule has 5 heteroatoms. The average molecular weight is 320 g/mol. The van der Waals surface area contributed by atoms with Crippen LogP contribution in [0, 0.1) is 11.2 Å². The van der Waals surface area contributed by atoms with E-state index in [4.69, 9.17) is 0 Å². The number of aliphatic hydroxyl groups is 2. The second-order valence-corrected chi connectivity index (χ2v) is 5.95. The van der Waals surface area contributed by atoms with Gasteiger partial charge in [-0.2, -0.15) is 0 Å². The Morgan fingerprint density at radius 1 is 1.33 bits per heavy atom. The molecule has 0 aliphatic heterocycles. The van der Waals surface area contributed by atoms with E-state index in [-0.39, 0.29) is 19.0 Å². The fourth-order valence-electron chi connectivity index (χ4n) is 1.80. The number of aliphatic hydroxyl groups excluding tert-OH is 2. The van der Waals surface area contributed by atoms with Crippen molar-refractivity contribution in [3.05, 3.63) is 34.1 Å². The van der Waals surface area contributed by atoms with Gasteiger partial charge in [-0.1, -0.05) is 28.9 Å². The molecule has 0 bridgehead atoms. The minimum Gasteiger partial charge on any atom is -0.396 e. The summed E-state index contributed by atoms with van der Waals surface area (Å²) in [6.45, 7) is 2.53. The maximum Gasteiger partial charge on any atom is 0.128 e. The van der Waals surface area contributed by atoms with Gasteiger partial charge in [0, 0.05) is 28.5 Å². The van der Waals surface area contributed by atoms with Crippen LogP contribution in [0.15, 0.2) is 22.7 Å². The fourth-order valence-corrected chi connectivity index (χ4v) is 2.13. The van der Waals surface area contributed by atoms with Crippen LogP contribution in [0.2, 0.25) is 0 Å². The highest BCUT2D eigenvalue weighted by molar-refractivity contribution is 9.10. The molecular weight excluding hydrogens is 301 g/mol. The molecule has 3 nitrogen and oxygen atoms in total. The van der Waals surface area contributed by atoms with Gasteiger partial charge in [0.25, 0.3) is 0 Å². The molecule has 0 atom stereocenters. The monoisotopic (exact) mass is 319 g/mol. The highest BCUT2D eigenvalue weighted by Crippen LogP contribution is 2.19. The van der Waals surface area contributed by atoms with Crippen LogP contribution < -0.4 is 0 Å². The lowest BCUT2D eigenvalue weighted by atomic mass is 9.92. The first kappa shape index (κ1) is 15.6. The standard InChI is InChI=1S/C13H19BrFNO2/c1-13(8-17,9-18)7-16(2)6-10-3-4-11(14)5-12(10)15/h3-5,17-18H,6-9H2,1-2H3. The van der Waals surface area contributed by atoms with Crippen molar-refractivity contribution in [2.45, 2.75) is 13.5 Å². The third-order valence-electron chi connectivity index (χ3n) is 2.87. The van der Waals surface area contributed by atoms with E-state index >= 15 is 0 Å². The van der Waals surface area contributed by atoms with E-state index in [1.54, 1.807) is 19.1 Å². The molecule has 18 heavy (non-hydrogen) atoms. The lowest BCUT2D eigenvalue weighted by Gasteiger charge is -2.30. The summed E-state index contributed by atoms with van der Waals surface area (Å²) in [4.78, 5) is 1.89. The van der Waals surface area contributed by atoms with Gasteiger partial charge < -0.3 is 15.1 Å². The first-order valence-electron chi connectivity index (χ1n) is 5.74. The van der Waals surface area contributed by atoms with Crippen molar-refractivity contribution in [3.63, 3.8) is 0 Å². The smallest absolute Gasteiger partial charge is 0.128 e. The highest BCUT2D eigenvalue weighted by Gasteiger charge is 2.24. The third kappa shape index (κ3) is 4.31. The van der Waals surface area contributed by atoms with Crippen LogP contribution in [0.5, 0.6) is 0 Å². The summed E-state index contributed by atoms with van der Waals surface area (Å²) in [5.41, 5.74) is 0.0274. The second kappa shape index (κ2) is 6.61. The van der Waals surface area contributed by atoms with Gasteiger partial charge in [0.2, 0.25) is 0 Å². The van der Waals surface area contributed by atoms with Crippen LogP contribution in [0.1, 0.15) is 12.5 Å². The largest absolute Gasteiger partial charge is 0.396 e. The molecule has 1 aromatic rings. The van der Waals surface area contributed by atoms with Crippen molar-refractivity contribution in [1.29, 1.82) is 0 Å². The molecule has 1 aromatic carbocycles. The van der Waals surface area contributed by atoms with E-state index in [1.807, 2.05) is 11.9 Å². The minimum atomic E-state index is -0.569. The molecule has 0 saturated heterocycles. The Morgan fingerprint density at radius 2 is 1.94 bits per heavy atom. The topological polar surface area (TPSA) is 43.7 Å². The van der Waals surface area contributed by atoms with Crippen molar-refractivity contribution >= 4 is 15.9 Å². The molecule has 0 radical (unpaired) electrons. The maximum absolute atomic E-state index is 13.7. The molecule has 0 aromatic heterocycles. The summed E-state index contributed by atoms with van der Waals surface area (Å²) in [5.74, 6) is -0.258. The zero-order valence-corrected chi connectivity index (χ0v) is 12.2. The van der Waals surface area contributed by atoms with Crippen LogP contribution in [0.25, 0.3) is 0 Å². The maximum atomic E-state index is 13.7. The van der Waals surface area contributed by atoms with Gasteiger partial charge in [-0.05, 0) is 19.2 Å². The molecule has 2 N–H and O–H groups in total. The molecule has 1 rings (SSSR count). The number of halogens is 2. The predicted octanol–water partition coefficient (Wildman–Crippen LogP) is 2.01. The first-order chi connectivity index (χ1) is 8.40. The Bertz CT molecular complexity index is 397. The number of rotatable bonds is 6. The first-order valence-corrected chi connectivity index (χ1v) is 6.54. The van der Waals surface area contributed by atoms with Crippen LogP contribution in [-0.2, 0) is 6.54 Å². The minimum absolute atomic E-state index is 0.101. The molecule has 0 aliphatic carbocycles. The quantitative estimate of drug-likeness (QED) is 0.843. The van der Waals surface area contributed by atoms with Crippen LogP contribution in [0.3, 0.4) is 0 Å². The number of hydrogen-bond donors (Lipinski definition) is 2. The van der Waals surface area contributed by atoms with Gasteiger partial charge >= 0.3 is 0 Å². The summed E-state index contributed by atoms with van der Waals surface area (Å²) < 4.78 is 14.4. The van der Waals surface area contributed by atoms with E-state index in [9.17, 15) is 14.6 Å². The molecule has 102 valence electrons. The van der Waals surface area contributed by atoms with E-state index in [2.05, 4.69) is 15.9 Å². The zero-order valence-electron chi connectivity index (χ0n) is 10.7. The number of nitrogens with zero attached hydrogens (tertiary/aromatic N) is 1. The molecule has 0 aliphatic rings. The average Bonchev–Trinajstić information content (AvgIpc) is 2.32. The SMILES string of the molecule is CN(Cc1ccc(Br)cc1F)CC(C)(CO)CO. The Labute approximate surface area is 115 Å². The summed E-state index contributed by atoms with van der Waals surface area (Å²) in [5, 5.41) is 18.4. The molecule has 0 saturated carbocycles. The van der Waals surface area contributed by atoms with Crippen molar-refractivity contribution < 1.29 is 14.6 Å². The van der Waals surface area contributed by atoms with E-state index in [0.29, 0.717) is 23.1 Å². The van der Waals surface area contributed by atoms with E-state index in [1.165, 1.54) is 6.07 Å². The molecule has 0 unspecified atom stereocenters. The van der Waals surface area contributed by atoms with Gasteiger partial charge in [0.1, 0.15) is 5.82 Å². The van der Waals surface area contributed by atoms with E-state index in [0.717, 1.165) is 0 Å². The van der Waals surface area contributed by atoms with Crippen LogP contribution in [-0.4, -0.2) is 41.9 Å². The van der Waals surface area contributed by atoms with Crippen molar-refractivity contribution in [2.24, 2.45) is 5.41 Å². The summed E-state index contributed by atoms with van der Waals surface area (Å²) in [7, 11) is 1.84. The highest BCUT2D eigenvalue weighted by atomic mass is 79.9. The summed E-state index contributed by atoms with van der Waals surface area (Å²) in [6.07, 6.45) is 0. The van der Waals surface area contributed by atoms with Crippen LogP contribution in [0.4, 0.5) is 4.39 Å². The Balaban J connectivity index is 2.67. The summed E-state index contributed by atoms with van der Waals surface area (Å²) >= 11 is 3.21. The van der Waals surface area contributed by atoms with Crippen molar-refractivity contribution in [3.8, 4) is 0 Å². The number of benzene rings is 1. The lowest BCUT2D eigenvalue weighted by Crippen LogP contribution is -2.38. The predicted molar refractivity (Wildman–Crippen MR) is 72.7 cm³/mol. The van der Waals surface area contributed by atoms with Crippen molar-refractivity contribution in [2.75, 3.05) is 26.8 Å². The van der Waals surface area contributed by atoms with Gasteiger partial charge in [-0.15, -0.1) is 0 Å². The Hall–Kier alpha value is -0.490. The van der Waals surface area contributed by atoms with Gasteiger partial charge in [0.05, 0.1) is 13.2 Å². The molecule has 0 heterocycles. The van der Waals surface area contributed by atoms with E-state index < -0.39 is 5.41 Å². The zero-order chi connectivity index (χ0) is 13.8. The number of hydrogen-bond acceptors (Lipinski definition) is 3. The molecular formula is C13H19BrFNO2. The van der Waals surface area contributed by atoms with Gasteiger partial charge in [0.15, 0.2) is 0 Å². The van der Waals surface area contributed by atoms with Crippen LogP contribution >= 0.6 is 15.9 Å². The van der Waals surface area contributed by atoms with Gasteiger partial charge in [-0.25, -0.2) is 4.39 Å². The fraction of sp³-hybridized carbons (Fsp3) is 0.538. The molecule has 0 amide bonds. The molecule has 0 fully saturated rings. The lowest BCUT2D eigenvalue weighted by molar-refractivity contribution is 0.0400. The normalized spacial score (nSPS) is 12.2. The molecule has 0 spiro atoms. The Morgan fingerprint density at radius 3 is 2.44 bits per heavy atom.